The average molecular weight is 201 g/mol. The van der Waals surface area contributed by atoms with Crippen molar-refractivity contribution in [1.29, 1.82) is 0 Å². The molecule has 2 rings (SSSR count). The molecular formula is C12H15N3. The lowest BCUT2D eigenvalue weighted by atomic mass is 10.0. The Bertz CT molecular complexity index is 518. The van der Waals surface area contributed by atoms with Crippen LogP contribution in [-0.4, -0.2) is 4.98 Å². The monoisotopic (exact) mass is 201 g/mol. The quantitative estimate of drug-likeness (QED) is 0.550. The van der Waals surface area contributed by atoms with Crippen molar-refractivity contribution >= 4 is 16.7 Å². The van der Waals surface area contributed by atoms with E-state index < -0.39 is 0 Å². The molecule has 0 bridgehead atoms. The van der Waals surface area contributed by atoms with E-state index in [9.17, 15) is 0 Å². The third-order valence-corrected chi connectivity index (χ3v) is 2.84. The van der Waals surface area contributed by atoms with Crippen LogP contribution in [0.25, 0.3) is 10.9 Å². The van der Waals surface area contributed by atoms with Crippen LogP contribution in [0.15, 0.2) is 18.2 Å². The van der Waals surface area contributed by atoms with Crippen LogP contribution < -0.4 is 11.3 Å². The molecule has 0 fully saturated rings. The number of pyridine rings is 1. The first kappa shape index (κ1) is 9.93. The van der Waals surface area contributed by atoms with Gasteiger partial charge in [0.2, 0.25) is 0 Å². The standard InChI is InChI=1S/C12H15N3/c1-7-4-5-10-6-8(2)12(15-13)14-11(10)9(7)3/h4-6H,13H2,1-3H3,(H,14,15). The molecule has 0 unspecified atom stereocenters. The number of nitrogens with two attached hydrogens (primary N) is 1. The zero-order valence-corrected chi connectivity index (χ0v) is 9.26. The summed E-state index contributed by atoms with van der Waals surface area (Å²) in [6.07, 6.45) is 0. The predicted molar refractivity (Wildman–Crippen MR) is 63.8 cm³/mol. The molecule has 15 heavy (non-hydrogen) atoms. The summed E-state index contributed by atoms with van der Waals surface area (Å²) in [6.45, 7) is 6.17. The Kier molecular flexibility index (Phi) is 2.32. The fourth-order valence-corrected chi connectivity index (χ4v) is 1.73. The van der Waals surface area contributed by atoms with Crippen LogP contribution in [0.5, 0.6) is 0 Å². The number of nitrogens with one attached hydrogen (secondary N) is 1. The van der Waals surface area contributed by atoms with E-state index in [1.807, 2.05) is 6.92 Å². The third kappa shape index (κ3) is 1.55. The molecule has 0 radical (unpaired) electrons. The Morgan fingerprint density at radius 3 is 2.53 bits per heavy atom. The van der Waals surface area contributed by atoms with Crippen molar-refractivity contribution in [3.8, 4) is 0 Å². The molecule has 0 aliphatic heterocycles. The van der Waals surface area contributed by atoms with Gasteiger partial charge in [-0.1, -0.05) is 12.1 Å². The number of benzene rings is 1. The van der Waals surface area contributed by atoms with E-state index in [-0.39, 0.29) is 0 Å². The van der Waals surface area contributed by atoms with Crippen LogP contribution in [0, 0.1) is 20.8 Å². The summed E-state index contributed by atoms with van der Waals surface area (Å²) < 4.78 is 0. The van der Waals surface area contributed by atoms with Gasteiger partial charge in [0.1, 0.15) is 5.82 Å². The molecule has 2 aromatic rings. The molecule has 0 aliphatic rings. The molecule has 1 heterocycles. The first-order valence-corrected chi connectivity index (χ1v) is 4.97. The van der Waals surface area contributed by atoms with E-state index in [0.717, 1.165) is 22.3 Å². The van der Waals surface area contributed by atoms with E-state index in [0.29, 0.717) is 0 Å². The Balaban J connectivity index is 2.82. The molecule has 78 valence electrons. The number of hydrazine groups is 1. The van der Waals surface area contributed by atoms with Gasteiger partial charge in [-0.3, -0.25) is 0 Å². The SMILES string of the molecule is Cc1cc2ccc(C)c(C)c2nc1NN. The number of rotatable bonds is 1. The van der Waals surface area contributed by atoms with Crippen LogP contribution in [0.2, 0.25) is 0 Å². The van der Waals surface area contributed by atoms with Gasteiger partial charge < -0.3 is 5.43 Å². The summed E-state index contributed by atoms with van der Waals surface area (Å²) in [5.74, 6) is 6.16. The Morgan fingerprint density at radius 1 is 1.13 bits per heavy atom. The minimum absolute atomic E-state index is 0.746. The highest BCUT2D eigenvalue weighted by atomic mass is 15.2. The summed E-state index contributed by atoms with van der Waals surface area (Å²) in [4.78, 5) is 4.52. The summed E-state index contributed by atoms with van der Waals surface area (Å²) in [6, 6.07) is 6.32. The van der Waals surface area contributed by atoms with Gasteiger partial charge in [-0.2, -0.15) is 0 Å². The molecular weight excluding hydrogens is 186 g/mol. The first-order valence-electron chi connectivity index (χ1n) is 4.97. The van der Waals surface area contributed by atoms with Crippen LogP contribution in [-0.2, 0) is 0 Å². The highest BCUT2D eigenvalue weighted by Gasteiger charge is 2.05. The van der Waals surface area contributed by atoms with E-state index in [1.54, 1.807) is 0 Å². The van der Waals surface area contributed by atoms with Gasteiger partial charge in [0.25, 0.3) is 0 Å². The second-order valence-corrected chi connectivity index (χ2v) is 3.88. The minimum Gasteiger partial charge on any atom is -0.308 e. The molecule has 0 atom stereocenters. The topological polar surface area (TPSA) is 50.9 Å². The Labute approximate surface area is 89.3 Å². The van der Waals surface area contributed by atoms with Crippen molar-refractivity contribution in [1.82, 2.24) is 4.98 Å². The average Bonchev–Trinajstić information content (AvgIpc) is 2.23. The molecule has 1 aromatic carbocycles. The summed E-state index contributed by atoms with van der Waals surface area (Å²) >= 11 is 0. The van der Waals surface area contributed by atoms with Crippen molar-refractivity contribution in [3.05, 3.63) is 34.9 Å². The van der Waals surface area contributed by atoms with Crippen LogP contribution >= 0.6 is 0 Å². The van der Waals surface area contributed by atoms with Gasteiger partial charge in [0.05, 0.1) is 5.52 Å². The molecule has 0 aliphatic carbocycles. The number of nitrogens with zero attached hydrogens (tertiary/aromatic N) is 1. The maximum atomic E-state index is 5.42. The smallest absolute Gasteiger partial charge is 0.143 e. The summed E-state index contributed by atoms with van der Waals surface area (Å²) in [5, 5.41) is 1.16. The van der Waals surface area contributed by atoms with Crippen molar-refractivity contribution in [2.45, 2.75) is 20.8 Å². The maximum Gasteiger partial charge on any atom is 0.143 e. The van der Waals surface area contributed by atoms with E-state index in [2.05, 4.69) is 42.5 Å². The number of fused-ring (bicyclic) bond motifs is 1. The van der Waals surface area contributed by atoms with E-state index >= 15 is 0 Å². The van der Waals surface area contributed by atoms with Gasteiger partial charge in [-0.15, -0.1) is 0 Å². The van der Waals surface area contributed by atoms with Crippen molar-refractivity contribution < 1.29 is 0 Å². The highest BCUT2D eigenvalue weighted by molar-refractivity contribution is 5.85. The molecule has 0 saturated heterocycles. The number of aryl methyl sites for hydroxylation is 3. The molecule has 0 saturated carbocycles. The summed E-state index contributed by atoms with van der Waals surface area (Å²) in [7, 11) is 0. The van der Waals surface area contributed by atoms with Gasteiger partial charge in [-0.05, 0) is 43.5 Å². The van der Waals surface area contributed by atoms with Gasteiger partial charge in [-0.25, -0.2) is 10.8 Å². The number of aromatic nitrogens is 1. The van der Waals surface area contributed by atoms with Crippen LogP contribution in [0.3, 0.4) is 0 Å². The molecule has 3 N–H and O–H groups in total. The van der Waals surface area contributed by atoms with Crippen molar-refractivity contribution in [3.63, 3.8) is 0 Å². The van der Waals surface area contributed by atoms with E-state index in [1.165, 1.54) is 11.1 Å². The zero-order chi connectivity index (χ0) is 11.0. The van der Waals surface area contributed by atoms with Gasteiger partial charge in [0, 0.05) is 5.39 Å². The minimum atomic E-state index is 0.746. The predicted octanol–water partition coefficient (Wildman–Crippen LogP) is 2.45. The lowest BCUT2D eigenvalue weighted by Gasteiger charge is -2.09. The van der Waals surface area contributed by atoms with Crippen molar-refractivity contribution in [2.24, 2.45) is 5.84 Å². The molecule has 3 nitrogen and oxygen atoms in total. The first-order chi connectivity index (χ1) is 7.13. The van der Waals surface area contributed by atoms with Crippen LogP contribution in [0.4, 0.5) is 5.82 Å². The zero-order valence-electron chi connectivity index (χ0n) is 9.26. The molecule has 1 aromatic heterocycles. The fraction of sp³-hybridized carbons (Fsp3) is 0.250. The fourth-order valence-electron chi connectivity index (χ4n) is 1.73. The number of nitrogen functional groups attached to an aromatic ring is 1. The Morgan fingerprint density at radius 2 is 1.87 bits per heavy atom. The van der Waals surface area contributed by atoms with Gasteiger partial charge in [0.15, 0.2) is 0 Å². The largest absolute Gasteiger partial charge is 0.308 e. The lowest BCUT2D eigenvalue weighted by molar-refractivity contribution is 1.21. The highest BCUT2D eigenvalue weighted by Crippen LogP contribution is 2.23. The third-order valence-electron chi connectivity index (χ3n) is 2.84. The molecule has 0 spiro atoms. The lowest BCUT2D eigenvalue weighted by Crippen LogP contribution is -2.10. The van der Waals surface area contributed by atoms with E-state index in [4.69, 9.17) is 5.84 Å². The Hall–Kier alpha value is -1.61. The second-order valence-electron chi connectivity index (χ2n) is 3.88. The second kappa shape index (κ2) is 3.51. The number of hydrogen-bond acceptors (Lipinski definition) is 3. The maximum absolute atomic E-state index is 5.42. The molecule has 3 heteroatoms. The number of anilines is 1. The van der Waals surface area contributed by atoms with Gasteiger partial charge >= 0.3 is 0 Å². The van der Waals surface area contributed by atoms with Crippen molar-refractivity contribution in [2.75, 3.05) is 5.43 Å². The normalized spacial score (nSPS) is 10.7. The number of hydrogen-bond donors (Lipinski definition) is 2. The van der Waals surface area contributed by atoms with Crippen LogP contribution in [0.1, 0.15) is 16.7 Å². The molecule has 0 amide bonds. The summed E-state index contributed by atoms with van der Waals surface area (Å²) in [5.41, 5.74) is 7.17.